The Morgan fingerprint density at radius 3 is 2.21 bits per heavy atom. The molecule has 2 N–H and O–H groups in total. The van der Waals surface area contributed by atoms with E-state index in [4.69, 9.17) is 28.3 Å². The van der Waals surface area contributed by atoms with Gasteiger partial charge < -0.3 is 0 Å². The fourth-order valence-corrected chi connectivity index (χ4v) is 2.23. The van der Waals surface area contributed by atoms with Gasteiger partial charge in [0.25, 0.3) is 0 Å². The Kier molecular flexibility index (Phi) is 3.16. The molecule has 0 atom stereocenters. The first-order valence-corrected chi connectivity index (χ1v) is 5.63. The number of carbonyl (C=O) groups is 1. The zero-order valence-corrected chi connectivity index (χ0v) is 9.03. The number of halogens is 2. The van der Waals surface area contributed by atoms with Crippen LogP contribution in [0.3, 0.4) is 0 Å². The zero-order chi connectivity index (χ0) is 10.9. The maximum absolute atomic E-state index is 11.0. The molecule has 1 aromatic rings. The summed E-state index contributed by atoms with van der Waals surface area (Å²) in [5, 5.41) is 4.83. The third-order valence-electron chi connectivity index (χ3n) is 1.48. The van der Waals surface area contributed by atoms with Gasteiger partial charge in [-0.3, -0.25) is 4.79 Å². The van der Waals surface area contributed by atoms with Crippen LogP contribution in [0.1, 0.15) is 10.4 Å². The normalized spacial score (nSPS) is 11.4. The number of sulfonamides is 1. The summed E-state index contributed by atoms with van der Waals surface area (Å²) in [6.45, 7) is 0. The molecule has 0 amide bonds. The van der Waals surface area contributed by atoms with Crippen LogP contribution in [0.5, 0.6) is 0 Å². The minimum atomic E-state index is -3.93. The molecule has 76 valence electrons. The van der Waals surface area contributed by atoms with Crippen LogP contribution >= 0.6 is 23.2 Å². The van der Waals surface area contributed by atoms with E-state index in [2.05, 4.69) is 0 Å². The van der Waals surface area contributed by atoms with E-state index in [-0.39, 0.29) is 20.5 Å². The SMILES string of the molecule is NS(=O)(=O)c1cc(C=O)c(Cl)cc1Cl. The monoisotopic (exact) mass is 253 g/mol. The summed E-state index contributed by atoms with van der Waals surface area (Å²) in [6, 6.07) is 2.19. The van der Waals surface area contributed by atoms with Crippen LogP contribution in [-0.2, 0) is 10.0 Å². The van der Waals surface area contributed by atoms with Crippen molar-refractivity contribution in [3.63, 3.8) is 0 Å². The smallest absolute Gasteiger partial charge is 0.239 e. The molecule has 0 unspecified atom stereocenters. The molecule has 0 aromatic heterocycles. The van der Waals surface area contributed by atoms with Crippen molar-refractivity contribution in [1.29, 1.82) is 0 Å². The molecule has 0 bridgehead atoms. The maximum atomic E-state index is 11.0. The number of carbonyl (C=O) groups excluding carboxylic acids is 1. The first kappa shape index (κ1) is 11.5. The highest BCUT2D eigenvalue weighted by Crippen LogP contribution is 2.26. The van der Waals surface area contributed by atoms with E-state index in [9.17, 15) is 13.2 Å². The van der Waals surface area contributed by atoms with E-state index in [0.717, 1.165) is 12.1 Å². The maximum Gasteiger partial charge on any atom is 0.239 e. The summed E-state index contributed by atoms with van der Waals surface area (Å²) in [7, 11) is -3.93. The Morgan fingerprint density at radius 2 is 1.79 bits per heavy atom. The van der Waals surface area contributed by atoms with Crippen molar-refractivity contribution in [1.82, 2.24) is 0 Å². The van der Waals surface area contributed by atoms with Gasteiger partial charge in [-0.15, -0.1) is 0 Å². The van der Waals surface area contributed by atoms with Crippen molar-refractivity contribution >= 4 is 39.5 Å². The molecular weight excluding hydrogens is 249 g/mol. The van der Waals surface area contributed by atoms with Crippen LogP contribution in [0.4, 0.5) is 0 Å². The summed E-state index contributed by atoms with van der Waals surface area (Å²) in [6.07, 6.45) is 0.424. The van der Waals surface area contributed by atoms with Crippen LogP contribution in [0.15, 0.2) is 17.0 Å². The predicted octanol–water partition coefficient (Wildman–Crippen LogP) is 1.45. The quantitative estimate of drug-likeness (QED) is 0.811. The highest BCUT2D eigenvalue weighted by molar-refractivity contribution is 7.89. The molecule has 14 heavy (non-hydrogen) atoms. The van der Waals surface area contributed by atoms with Crippen molar-refractivity contribution in [3.05, 3.63) is 27.7 Å². The third-order valence-corrected chi connectivity index (χ3v) is 3.19. The van der Waals surface area contributed by atoms with Gasteiger partial charge >= 0.3 is 0 Å². The summed E-state index contributed by atoms with van der Waals surface area (Å²) in [4.78, 5) is 10.1. The lowest BCUT2D eigenvalue weighted by molar-refractivity contribution is 0.112. The number of nitrogens with two attached hydrogens (primary N) is 1. The predicted molar refractivity (Wildman–Crippen MR) is 53.2 cm³/mol. The van der Waals surface area contributed by atoms with Gasteiger partial charge in [0.05, 0.1) is 10.0 Å². The number of hydrogen-bond donors (Lipinski definition) is 1. The Hall–Kier alpha value is -0.620. The largest absolute Gasteiger partial charge is 0.298 e. The van der Waals surface area contributed by atoms with Gasteiger partial charge in [0.15, 0.2) is 6.29 Å². The van der Waals surface area contributed by atoms with E-state index < -0.39 is 10.0 Å². The number of benzene rings is 1. The molecule has 4 nitrogen and oxygen atoms in total. The molecule has 0 saturated carbocycles. The van der Waals surface area contributed by atoms with E-state index in [1.165, 1.54) is 0 Å². The van der Waals surface area contributed by atoms with Gasteiger partial charge in [-0.2, -0.15) is 0 Å². The van der Waals surface area contributed by atoms with E-state index in [1.807, 2.05) is 0 Å². The second-order valence-electron chi connectivity index (χ2n) is 2.47. The second kappa shape index (κ2) is 3.86. The number of aldehydes is 1. The molecule has 7 heteroatoms. The Bertz CT molecular complexity index is 484. The molecule has 0 aliphatic rings. The summed E-state index contributed by atoms with van der Waals surface area (Å²) >= 11 is 11.2. The fourth-order valence-electron chi connectivity index (χ4n) is 0.853. The van der Waals surface area contributed by atoms with Crippen LogP contribution in [0.2, 0.25) is 10.0 Å². The van der Waals surface area contributed by atoms with Gasteiger partial charge in [-0.25, -0.2) is 13.6 Å². The molecule has 1 rings (SSSR count). The first-order valence-electron chi connectivity index (χ1n) is 3.33. The second-order valence-corrected chi connectivity index (χ2v) is 4.81. The van der Waals surface area contributed by atoms with Gasteiger partial charge in [-0.05, 0) is 12.1 Å². The Balaban J connectivity index is 3.55. The minimum Gasteiger partial charge on any atom is -0.298 e. The Morgan fingerprint density at radius 1 is 1.21 bits per heavy atom. The molecule has 0 spiro atoms. The molecule has 0 aliphatic heterocycles. The fraction of sp³-hybridized carbons (Fsp3) is 0. The standard InChI is InChI=1S/C7H5Cl2NO3S/c8-5-2-6(9)7(14(10,12)13)1-4(5)3-11/h1-3H,(H2,10,12,13). The number of hydrogen-bond acceptors (Lipinski definition) is 3. The van der Waals surface area contributed by atoms with E-state index in [0.29, 0.717) is 6.29 Å². The average Bonchev–Trinajstić information content (AvgIpc) is 2.02. The molecular formula is C7H5Cl2NO3S. The van der Waals surface area contributed by atoms with E-state index in [1.54, 1.807) is 0 Å². The minimum absolute atomic E-state index is 0.0279. The summed E-state index contributed by atoms with van der Waals surface area (Å²) < 4.78 is 21.9. The highest BCUT2D eigenvalue weighted by Gasteiger charge is 2.15. The molecule has 0 saturated heterocycles. The van der Waals surface area contributed by atoms with Gasteiger partial charge in [-0.1, -0.05) is 23.2 Å². The summed E-state index contributed by atoms with van der Waals surface area (Å²) in [5.74, 6) is 0. The van der Waals surface area contributed by atoms with E-state index >= 15 is 0 Å². The number of primary sulfonamides is 1. The van der Waals surface area contributed by atoms with Gasteiger partial charge in [0.1, 0.15) is 4.90 Å². The topological polar surface area (TPSA) is 77.2 Å². The lowest BCUT2D eigenvalue weighted by Gasteiger charge is -2.03. The van der Waals surface area contributed by atoms with Crippen LogP contribution < -0.4 is 5.14 Å². The molecule has 0 aliphatic carbocycles. The average molecular weight is 254 g/mol. The van der Waals surface area contributed by atoms with Crippen LogP contribution in [-0.4, -0.2) is 14.7 Å². The van der Waals surface area contributed by atoms with Crippen molar-refractivity contribution in [3.8, 4) is 0 Å². The van der Waals surface area contributed by atoms with Gasteiger partial charge in [0.2, 0.25) is 10.0 Å². The van der Waals surface area contributed by atoms with Crippen molar-refractivity contribution < 1.29 is 13.2 Å². The van der Waals surface area contributed by atoms with Crippen LogP contribution in [0, 0.1) is 0 Å². The molecule has 0 radical (unpaired) electrons. The third kappa shape index (κ3) is 2.24. The molecule has 0 fully saturated rings. The lowest BCUT2D eigenvalue weighted by atomic mass is 10.2. The zero-order valence-electron chi connectivity index (χ0n) is 6.70. The van der Waals surface area contributed by atoms with Crippen molar-refractivity contribution in [2.75, 3.05) is 0 Å². The number of rotatable bonds is 2. The van der Waals surface area contributed by atoms with Crippen LogP contribution in [0.25, 0.3) is 0 Å². The first-order chi connectivity index (χ1) is 6.36. The van der Waals surface area contributed by atoms with Gasteiger partial charge in [0, 0.05) is 5.56 Å². The molecule has 1 aromatic carbocycles. The summed E-state index contributed by atoms with van der Waals surface area (Å²) in [5.41, 5.74) is 0.0279. The highest BCUT2D eigenvalue weighted by atomic mass is 35.5. The Labute approximate surface area is 90.7 Å². The van der Waals surface area contributed by atoms with Crippen molar-refractivity contribution in [2.24, 2.45) is 5.14 Å². The molecule has 0 heterocycles. The lowest BCUT2D eigenvalue weighted by Crippen LogP contribution is -2.13. The van der Waals surface area contributed by atoms with Crippen molar-refractivity contribution in [2.45, 2.75) is 4.90 Å².